The molecule has 6 heterocycles. The monoisotopic (exact) mass is 762 g/mol. The molecule has 2 N–H and O–H groups in total. The van der Waals surface area contributed by atoms with Gasteiger partial charge in [-0.05, 0) is 129 Å². The van der Waals surface area contributed by atoms with Crippen molar-refractivity contribution in [2.24, 2.45) is 0 Å². The predicted octanol–water partition coefficient (Wildman–Crippen LogP) is 8.13. The van der Waals surface area contributed by atoms with Gasteiger partial charge < -0.3 is 24.3 Å². The van der Waals surface area contributed by atoms with E-state index >= 15 is 0 Å². The first-order chi connectivity index (χ1) is 27.3. The molecular weight excluding hydrogens is 717 g/mol. The number of nitriles is 1. The van der Waals surface area contributed by atoms with Gasteiger partial charge in [-0.2, -0.15) is 5.26 Å². The number of allylic oxidation sites excluding steroid dienone is 2. The number of ether oxygens (including phenoxy) is 2. The number of aryl methyl sites for hydroxylation is 3. The van der Waals surface area contributed by atoms with Crippen LogP contribution in [0.5, 0.6) is 0 Å². The van der Waals surface area contributed by atoms with Crippen molar-refractivity contribution in [3.05, 3.63) is 104 Å². The molecule has 0 saturated carbocycles. The summed E-state index contributed by atoms with van der Waals surface area (Å²) in [6, 6.07) is 16.3. The van der Waals surface area contributed by atoms with Crippen molar-refractivity contribution >= 4 is 63.2 Å². The molecule has 8 rings (SSSR count). The highest BCUT2D eigenvalue weighted by atomic mass is 16.5. The smallest absolute Gasteiger partial charge is 0.305 e. The van der Waals surface area contributed by atoms with E-state index in [0.717, 1.165) is 95.8 Å². The second kappa shape index (κ2) is 13.7. The average molecular weight is 763 g/mol. The van der Waals surface area contributed by atoms with Crippen molar-refractivity contribution in [2.75, 3.05) is 26.2 Å². The van der Waals surface area contributed by atoms with E-state index in [0.29, 0.717) is 30.4 Å². The largest absolute Gasteiger partial charge is 0.469 e. The first-order valence-electron chi connectivity index (χ1n) is 19.4. The molecule has 0 radical (unpaired) electrons. The molecule has 8 bridgehead atoms. The molecule has 0 spiro atoms. The molecular formula is C46H46N6O5. The molecule has 0 fully saturated rings. The van der Waals surface area contributed by atoms with E-state index in [-0.39, 0.29) is 30.8 Å². The Morgan fingerprint density at radius 3 is 2.39 bits per heavy atom. The molecule has 4 aromatic rings. The number of aromatic nitrogens is 4. The number of methoxy groups -OCH3 is 2. The summed E-state index contributed by atoms with van der Waals surface area (Å²) in [4.78, 5) is 57.7. The van der Waals surface area contributed by atoms with E-state index in [1.54, 1.807) is 0 Å². The molecule has 0 amide bonds. The number of benzene rings is 1. The number of fused-ring (bicyclic) bond motifs is 11. The van der Waals surface area contributed by atoms with Crippen molar-refractivity contribution < 1.29 is 23.9 Å². The first kappa shape index (κ1) is 37.6. The minimum Gasteiger partial charge on any atom is -0.469 e. The van der Waals surface area contributed by atoms with Crippen LogP contribution in [0.4, 0.5) is 5.69 Å². The number of nitrogens with zero attached hydrogens (tertiary/aromatic N) is 4. The Balaban J connectivity index is 1.56. The van der Waals surface area contributed by atoms with E-state index in [9.17, 15) is 19.6 Å². The van der Waals surface area contributed by atoms with Crippen LogP contribution in [0.1, 0.15) is 107 Å². The summed E-state index contributed by atoms with van der Waals surface area (Å²) in [6.07, 6.45) is 4.75. The van der Waals surface area contributed by atoms with Gasteiger partial charge in [0.2, 0.25) is 0 Å². The second-order valence-corrected chi connectivity index (χ2v) is 15.7. The number of esters is 2. The van der Waals surface area contributed by atoms with Gasteiger partial charge in [-0.15, -0.1) is 0 Å². The van der Waals surface area contributed by atoms with E-state index in [1.165, 1.54) is 14.2 Å². The van der Waals surface area contributed by atoms with Gasteiger partial charge >= 0.3 is 11.9 Å². The van der Waals surface area contributed by atoms with E-state index in [2.05, 4.69) is 53.8 Å². The van der Waals surface area contributed by atoms with E-state index in [1.807, 2.05) is 57.3 Å². The summed E-state index contributed by atoms with van der Waals surface area (Å²) in [6.45, 7) is 10.5. The fourth-order valence-electron chi connectivity index (χ4n) is 10.1. The normalized spacial score (nSPS) is 20.4. The molecule has 3 atom stereocenters. The van der Waals surface area contributed by atoms with Crippen molar-refractivity contribution in [3.63, 3.8) is 0 Å². The highest BCUT2D eigenvalue weighted by Crippen LogP contribution is 2.64. The number of nitrogens with one attached hydrogen (secondary N) is 2. The van der Waals surface area contributed by atoms with Crippen molar-refractivity contribution in [1.82, 2.24) is 19.9 Å². The van der Waals surface area contributed by atoms with Gasteiger partial charge in [-0.1, -0.05) is 6.92 Å². The molecule has 4 aliphatic rings. The summed E-state index contributed by atoms with van der Waals surface area (Å²) in [5, 5.41) is 11.0. The molecule has 57 heavy (non-hydrogen) atoms. The van der Waals surface area contributed by atoms with Crippen LogP contribution in [0.3, 0.4) is 0 Å². The van der Waals surface area contributed by atoms with Crippen LogP contribution in [-0.4, -0.2) is 65.5 Å². The molecule has 1 aromatic carbocycles. The molecule has 11 nitrogen and oxygen atoms in total. The number of carbonyl (C=O) groups excluding carboxylic acids is 3. The number of rotatable bonds is 8. The first-order valence-corrected chi connectivity index (χ1v) is 19.4. The summed E-state index contributed by atoms with van der Waals surface area (Å²) in [7, 11) is 4.81. The van der Waals surface area contributed by atoms with Gasteiger partial charge in [0.15, 0.2) is 0 Å². The molecule has 3 aliphatic heterocycles. The fraction of sp³-hybridized carbons (Fsp3) is 0.348. The van der Waals surface area contributed by atoms with E-state index in [4.69, 9.17) is 19.4 Å². The summed E-state index contributed by atoms with van der Waals surface area (Å²) >= 11 is 0. The zero-order chi connectivity index (χ0) is 40.6. The summed E-state index contributed by atoms with van der Waals surface area (Å²) in [5.74, 6) is -0.621. The number of aromatic amines is 2. The van der Waals surface area contributed by atoms with Crippen LogP contribution in [0.2, 0.25) is 0 Å². The summed E-state index contributed by atoms with van der Waals surface area (Å²) in [5.41, 5.74) is 13.7. The van der Waals surface area contributed by atoms with Crippen LogP contribution in [0.25, 0.3) is 39.3 Å². The zero-order valence-corrected chi connectivity index (χ0v) is 33.6. The number of aldehydes is 1. The van der Waals surface area contributed by atoms with Crippen LogP contribution in [-0.2, 0) is 36.3 Å². The number of anilines is 1. The molecule has 3 aromatic heterocycles. The number of H-pyrrole nitrogens is 2. The molecule has 0 saturated heterocycles. The molecule has 11 heteroatoms. The Morgan fingerprint density at radius 1 is 0.965 bits per heavy atom. The standard InChI is InChI=1S/C46H46N6O5/c1-9-46-43-32-18-28(22-47)44(46)52(6)38-13-10-27(23-53)17-33(38)45(46,5)39(51-43)21-35-26(4)31(12-15-41(55)57-8)37(50-35)20-36-30(11-14-40(54)56-7)25(3)34(49-36)19-29-16-24(2)42(32)48-29/h10,13,16-21,23,44,48,50H,9,11-12,14-15H2,1-8H3/t44-,45+,46+/m1/s1. The van der Waals surface area contributed by atoms with Crippen LogP contribution >= 0.6 is 0 Å². The third kappa shape index (κ3) is 5.41. The predicted molar refractivity (Wildman–Crippen MR) is 221 cm³/mol. The third-order valence-electron chi connectivity index (χ3n) is 13.1. The Hall–Kier alpha value is -6.28. The lowest BCUT2D eigenvalue weighted by molar-refractivity contribution is -0.141. The Bertz CT molecular complexity index is 2710. The van der Waals surface area contributed by atoms with Crippen LogP contribution < -0.4 is 4.90 Å². The van der Waals surface area contributed by atoms with Gasteiger partial charge in [0, 0.05) is 53.3 Å². The van der Waals surface area contributed by atoms with Crippen LogP contribution in [0.15, 0.2) is 48.0 Å². The fourth-order valence-corrected chi connectivity index (χ4v) is 10.1. The number of likely N-dealkylation sites (N-methyl/N-ethyl adjacent to an activating group) is 1. The van der Waals surface area contributed by atoms with Crippen molar-refractivity contribution in [3.8, 4) is 6.07 Å². The van der Waals surface area contributed by atoms with Crippen molar-refractivity contribution in [2.45, 2.75) is 83.6 Å². The second-order valence-electron chi connectivity index (χ2n) is 15.7. The highest BCUT2D eigenvalue weighted by Gasteiger charge is 2.66. The Kier molecular flexibility index (Phi) is 9.06. The van der Waals surface area contributed by atoms with Gasteiger partial charge in [0.25, 0.3) is 0 Å². The number of hydrogen-bond acceptors (Lipinski definition) is 9. The molecule has 0 unspecified atom stereocenters. The minimum absolute atomic E-state index is 0.178. The van der Waals surface area contributed by atoms with Gasteiger partial charge in [-0.25, -0.2) is 4.98 Å². The maximum absolute atomic E-state index is 12.5. The Morgan fingerprint density at radius 2 is 1.70 bits per heavy atom. The maximum Gasteiger partial charge on any atom is 0.305 e. The van der Waals surface area contributed by atoms with Gasteiger partial charge in [-0.3, -0.25) is 19.4 Å². The minimum atomic E-state index is -0.791. The summed E-state index contributed by atoms with van der Waals surface area (Å²) < 4.78 is 10.1. The number of carbonyl (C=O) groups is 3. The lowest BCUT2D eigenvalue weighted by Crippen LogP contribution is -2.63. The SMILES string of the molecule is CC[C@]12c3nc4cc5[nH]c(cc6nc(cc7cc(C)c([nH]7)c3C=C(C#N)[C@H]1N(C)c1ccc(C=O)cc1[C@@]42C)C(C)=C6CCC(=O)OC)c(CCC(=O)OC)c5C. The topological polar surface area (TPSA) is 154 Å². The van der Waals surface area contributed by atoms with Gasteiger partial charge in [0.05, 0.1) is 71.0 Å². The van der Waals surface area contributed by atoms with Crippen LogP contribution in [0, 0.1) is 25.2 Å². The quantitative estimate of drug-likeness (QED) is 0.134. The maximum atomic E-state index is 12.5. The number of hydrogen-bond donors (Lipinski definition) is 2. The Labute approximate surface area is 331 Å². The van der Waals surface area contributed by atoms with Gasteiger partial charge in [0.1, 0.15) is 6.29 Å². The highest BCUT2D eigenvalue weighted by molar-refractivity contribution is 5.94. The lowest BCUT2D eigenvalue weighted by atomic mass is 9.50. The zero-order valence-electron chi connectivity index (χ0n) is 33.6. The molecule has 1 aliphatic carbocycles. The average Bonchev–Trinajstić information content (AvgIpc) is 3.90. The lowest BCUT2D eigenvalue weighted by Gasteiger charge is -2.58. The van der Waals surface area contributed by atoms with E-state index < -0.39 is 10.8 Å². The molecule has 290 valence electrons. The third-order valence-corrected chi connectivity index (χ3v) is 13.1. The van der Waals surface area contributed by atoms with Crippen molar-refractivity contribution in [1.29, 1.82) is 5.26 Å².